The van der Waals surface area contributed by atoms with Crippen LogP contribution in [0.15, 0.2) is 146 Å². The zero-order valence-corrected chi connectivity index (χ0v) is 33.5. The van der Waals surface area contributed by atoms with Gasteiger partial charge in [-0.25, -0.2) is 4.98 Å². The van der Waals surface area contributed by atoms with Crippen LogP contribution in [-0.4, -0.2) is 19.3 Å². The van der Waals surface area contributed by atoms with E-state index in [2.05, 4.69) is 73.9 Å². The second-order valence-electron chi connectivity index (χ2n) is 13.7. The quantitative estimate of drug-likeness (QED) is 0.135. The molecule has 0 fully saturated rings. The molecule has 0 aliphatic heterocycles. The topological polar surface area (TPSA) is 63.3 Å². The standard InChI is InChI=1S/C48H36N4O3.Pt/c1-31-21-22-49-45(25-31)52-43-18-12-11-17-41(43)42-20-19-39(28-44(42)52)53-40-24-32(2)23-36(27-40)51-30-35(29-50-51)46-47(54-37-13-7-5-8-14-37)33(3)26-34(4)48(46)55-38-15-9-6-10-16-38;/h5-26,29-30H,1-4H3;/q-2;+2. The number of fused-ring (bicyclic) bond motifs is 3. The number of aryl methyl sites for hydroxylation is 4. The molecule has 0 spiro atoms. The number of nitrogens with zero attached hydrogens (tertiary/aromatic N) is 4. The first kappa shape index (κ1) is 36.5. The van der Waals surface area contributed by atoms with Crippen LogP contribution < -0.4 is 14.2 Å². The van der Waals surface area contributed by atoms with Crippen molar-refractivity contribution in [1.29, 1.82) is 0 Å². The smallest absolute Gasteiger partial charge is 0.509 e. The Balaban J connectivity index is 0.00000441. The molecule has 0 aliphatic carbocycles. The average molecular weight is 912 g/mol. The van der Waals surface area contributed by atoms with Gasteiger partial charge in [-0.2, -0.15) is 16.7 Å². The second kappa shape index (κ2) is 15.4. The fourth-order valence-corrected chi connectivity index (χ4v) is 7.05. The van der Waals surface area contributed by atoms with E-state index in [1.54, 1.807) is 4.68 Å². The third kappa shape index (κ3) is 7.10. The molecule has 0 amide bonds. The number of hydrogen-bond acceptors (Lipinski definition) is 5. The van der Waals surface area contributed by atoms with Gasteiger partial charge in [-0.1, -0.05) is 67.0 Å². The van der Waals surface area contributed by atoms with E-state index in [-0.39, 0.29) is 21.1 Å². The first-order valence-electron chi connectivity index (χ1n) is 18.1. The van der Waals surface area contributed by atoms with E-state index in [1.807, 2.05) is 117 Å². The molecule has 0 aliphatic rings. The molecular formula is C48H36N4O3Pt. The molecule has 9 aromatic rings. The summed E-state index contributed by atoms with van der Waals surface area (Å²) in [5.74, 6) is 4.80. The van der Waals surface area contributed by atoms with E-state index in [4.69, 9.17) is 24.3 Å². The largest absolute Gasteiger partial charge is 2.00 e. The van der Waals surface area contributed by atoms with Crippen molar-refractivity contribution >= 4 is 21.8 Å². The summed E-state index contributed by atoms with van der Waals surface area (Å²) in [5.41, 5.74) is 8.39. The Morgan fingerprint density at radius 2 is 1.27 bits per heavy atom. The Morgan fingerprint density at radius 3 is 1.96 bits per heavy atom. The van der Waals surface area contributed by atoms with E-state index in [9.17, 15) is 0 Å². The van der Waals surface area contributed by atoms with Gasteiger partial charge in [-0.05, 0) is 97.1 Å². The third-order valence-electron chi connectivity index (χ3n) is 9.53. The predicted molar refractivity (Wildman–Crippen MR) is 217 cm³/mol. The molecule has 8 heteroatoms. The zero-order chi connectivity index (χ0) is 37.5. The van der Waals surface area contributed by atoms with E-state index in [1.165, 1.54) is 0 Å². The van der Waals surface area contributed by atoms with E-state index in [0.29, 0.717) is 23.0 Å². The number of ether oxygens (including phenoxy) is 3. The van der Waals surface area contributed by atoms with Crippen molar-refractivity contribution < 1.29 is 35.3 Å². The molecule has 7 nitrogen and oxygen atoms in total. The summed E-state index contributed by atoms with van der Waals surface area (Å²) >= 11 is 0. The Bertz CT molecular complexity index is 2780. The van der Waals surface area contributed by atoms with Crippen LogP contribution in [0.1, 0.15) is 22.3 Å². The van der Waals surface area contributed by atoms with Gasteiger partial charge in [-0.3, -0.25) is 4.68 Å². The molecular weight excluding hydrogens is 876 g/mol. The molecule has 276 valence electrons. The van der Waals surface area contributed by atoms with Gasteiger partial charge in [0.05, 0.1) is 11.8 Å². The molecule has 0 saturated carbocycles. The van der Waals surface area contributed by atoms with Gasteiger partial charge in [0, 0.05) is 35.0 Å². The molecule has 6 aromatic carbocycles. The van der Waals surface area contributed by atoms with E-state index in [0.717, 1.165) is 78.2 Å². The van der Waals surface area contributed by atoms with Gasteiger partial charge < -0.3 is 18.8 Å². The van der Waals surface area contributed by atoms with Crippen molar-refractivity contribution in [1.82, 2.24) is 19.3 Å². The van der Waals surface area contributed by atoms with E-state index < -0.39 is 0 Å². The maximum Gasteiger partial charge on any atom is 2.00 e. The van der Waals surface area contributed by atoms with Crippen LogP contribution in [0.25, 0.3) is 44.4 Å². The Morgan fingerprint density at radius 1 is 0.589 bits per heavy atom. The summed E-state index contributed by atoms with van der Waals surface area (Å²) in [4.78, 5) is 4.71. The van der Waals surface area contributed by atoms with Gasteiger partial charge in [-0.15, -0.1) is 35.7 Å². The molecule has 0 bridgehead atoms. The first-order chi connectivity index (χ1) is 26.9. The maximum absolute atomic E-state index is 6.59. The molecule has 9 rings (SSSR count). The van der Waals surface area contributed by atoms with Crippen molar-refractivity contribution in [2.75, 3.05) is 0 Å². The van der Waals surface area contributed by atoms with Crippen LogP contribution in [0, 0.1) is 39.8 Å². The van der Waals surface area contributed by atoms with Crippen molar-refractivity contribution in [3.63, 3.8) is 0 Å². The fraction of sp³-hybridized carbons (Fsp3) is 0.0833. The van der Waals surface area contributed by atoms with Crippen LogP contribution >= 0.6 is 0 Å². The molecule has 0 radical (unpaired) electrons. The predicted octanol–water partition coefficient (Wildman–Crippen LogP) is 12.2. The summed E-state index contributed by atoms with van der Waals surface area (Å²) in [6.45, 7) is 8.20. The molecule has 0 N–H and O–H groups in total. The maximum atomic E-state index is 6.59. The second-order valence-corrected chi connectivity index (χ2v) is 13.7. The summed E-state index contributed by atoms with van der Waals surface area (Å²) < 4.78 is 23.6. The minimum Gasteiger partial charge on any atom is -0.509 e. The summed E-state index contributed by atoms with van der Waals surface area (Å²) in [6.07, 6.45) is 5.65. The van der Waals surface area contributed by atoms with Crippen LogP contribution in [0.5, 0.6) is 34.5 Å². The van der Waals surface area contributed by atoms with Gasteiger partial charge in [0.15, 0.2) is 0 Å². The van der Waals surface area contributed by atoms with Gasteiger partial charge in [0.2, 0.25) is 0 Å². The number of hydrogen-bond donors (Lipinski definition) is 0. The molecule has 0 saturated heterocycles. The number of benzene rings is 6. The normalized spacial score (nSPS) is 11.1. The number of para-hydroxylation sites is 3. The van der Waals surface area contributed by atoms with Crippen molar-refractivity contribution in [3.05, 3.63) is 180 Å². The van der Waals surface area contributed by atoms with E-state index >= 15 is 0 Å². The summed E-state index contributed by atoms with van der Waals surface area (Å²) in [5, 5.41) is 7.02. The van der Waals surface area contributed by atoms with Crippen molar-refractivity contribution in [3.8, 4) is 57.1 Å². The molecule has 3 aromatic heterocycles. The fourth-order valence-electron chi connectivity index (χ4n) is 7.05. The third-order valence-corrected chi connectivity index (χ3v) is 9.53. The SMILES string of the molecule is Cc1cc(Oc2[c-]c3c(cc2)c2ccccc2n3-c2cc(C)ccn2)[c-]c(-n2cc(-c3c(Oc4ccccc4)c(C)cc(C)c3Oc3ccccc3)cn2)c1.[Pt+2]. The Hall–Kier alpha value is -6.43. The van der Waals surface area contributed by atoms with Gasteiger partial charge in [0.25, 0.3) is 0 Å². The molecule has 56 heavy (non-hydrogen) atoms. The summed E-state index contributed by atoms with van der Waals surface area (Å²) in [7, 11) is 0. The minimum atomic E-state index is 0. The molecule has 0 unspecified atom stereocenters. The zero-order valence-electron chi connectivity index (χ0n) is 31.2. The first-order valence-corrected chi connectivity index (χ1v) is 18.1. The molecule has 0 atom stereocenters. The van der Waals surface area contributed by atoms with Crippen LogP contribution in [0.2, 0.25) is 0 Å². The number of pyridine rings is 1. The van der Waals surface area contributed by atoms with Crippen LogP contribution in [0.4, 0.5) is 0 Å². The van der Waals surface area contributed by atoms with Gasteiger partial charge in [0.1, 0.15) is 28.8 Å². The number of aromatic nitrogens is 4. The minimum absolute atomic E-state index is 0. The number of rotatable bonds is 9. The Kier molecular flexibility index (Phi) is 10.0. The van der Waals surface area contributed by atoms with Crippen molar-refractivity contribution in [2.45, 2.75) is 27.7 Å². The monoisotopic (exact) mass is 911 g/mol. The average Bonchev–Trinajstić information content (AvgIpc) is 3.81. The van der Waals surface area contributed by atoms with Crippen LogP contribution in [0.3, 0.4) is 0 Å². The summed E-state index contributed by atoms with van der Waals surface area (Å²) in [6, 6.07) is 49.1. The van der Waals surface area contributed by atoms with Crippen LogP contribution in [-0.2, 0) is 21.1 Å². The molecule has 3 heterocycles. The van der Waals surface area contributed by atoms with Crippen molar-refractivity contribution in [2.24, 2.45) is 0 Å². The van der Waals surface area contributed by atoms with Gasteiger partial charge >= 0.3 is 21.1 Å². The Labute approximate surface area is 340 Å².